The molecule has 54 heavy (non-hydrogen) atoms. The molecule has 0 spiro atoms. The van der Waals surface area contributed by atoms with Crippen molar-refractivity contribution in [3.05, 3.63) is 113 Å². The molecule has 1 unspecified atom stereocenters. The molecule has 4 aromatic carbocycles. The van der Waals surface area contributed by atoms with Gasteiger partial charge in [-0.1, -0.05) is 54.6 Å². The predicted octanol–water partition coefficient (Wildman–Crippen LogP) is 3.83. The molecule has 3 fully saturated rings. The van der Waals surface area contributed by atoms with E-state index < -0.39 is 66.2 Å². The van der Waals surface area contributed by atoms with Gasteiger partial charge in [0.15, 0.2) is 17.5 Å². The first-order chi connectivity index (χ1) is 26.1. The lowest BCUT2D eigenvalue weighted by atomic mass is 9.70. The predicted molar refractivity (Wildman–Crippen MR) is 189 cm³/mol. The Hall–Kier alpha value is -4.93. The van der Waals surface area contributed by atoms with E-state index in [0.29, 0.717) is 22.6 Å². The number of aliphatic hydroxyl groups is 2. The quantitative estimate of drug-likeness (QED) is 0.172. The summed E-state index contributed by atoms with van der Waals surface area (Å²) in [6.07, 6.45) is -5.59. The Morgan fingerprint density at radius 1 is 0.815 bits per heavy atom. The summed E-state index contributed by atoms with van der Waals surface area (Å²) < 4.78 is 54.5. The van der Waals surface area contributed by atoms with Crippen molar-refractivity contribution in [2.24, 2.45) is 5.92 Å². The van der Waals surface area contributed by atoms with Crippen LogP contribution in [-0.4, -0.2) is 86.7 Å². The topological polar surface area (TPSA) is 187 Å². The number of aliphatic hydroxyl groups excluding tert-OH is 1. The van der Waals surface area contributed by atoms with Gasteiger partial charge < -0.3 is 63.7 Å². The summed E-state index contributed by atoms with van der Waals surface area (Å²) in [5, 5.41) is 35.7. The highest BCUT2D eigenvalue weighted by Gasteiger charge is 2.78. The third-order valence-corrected chi connectivity index (χ3v) is 10.8. The molecule has 8 rings (SSSR count). The minimum Gasteiger partial charge on any atom is -0.497 e. The molecule has 14 nitrogen and oxygen atoms in total. The van der Waals surface area contributed by atoms with E-state index in [4.69, 9.17) is 48.4 Å². The summed E-state index contributed by atoms with van der Waals surface area (Å²) in [7, 11) is 4.38. The zero-order chi connectivity index (χ0) is 37.8. The minimum absolute atomic E-state index is 0.0672. The highest BCUT2D eigenvalue weighted by atomic mass is 16.8. The smallest absolute Gasteiger partial charge is 0.310 e. The van der Waals surface area contributed by atoms with Crippen molar-refractivity contribution in [2.75, 3.05) is 40.3 Å². The second-order valence-electron chi connectivity index (χ2n) is 13.6. The van der Waals surface area contributed by atoms with Crippen molar-refractivity contribution in [1.82, 2.24) is 0 Å². The number of anilines is 1. The summed E-state index contributed by atoms with van der Waals surface area (Å²) in [5.41, 5.74) is 4.11. The van der Waals surface area contributed by atoms with Crippen LogP contribution >= 0.6 is 0 Å². The van der Waals surface area contributed by atoms with Gasteiger partial charge in [0, 0.05) is 36.4 Å². The molecule has 4 aromatic rings. The molecule has 10 atom stereocenters. The average molecular weight is 744 g/mol. The Kier molecular flexibility index (Phi) is 9.38. The first kappa shape index (κ1) is 36.1. The molecule has 0 radical (unpaired) electrons. The van der Waals surface area contributed by atoms with Gasteiger partial charge in [0.1, 0.15) is 41.3 Å². The van der Waals surface area contributed by atoms with Gasteiger partial charge in [0.2, 0.25) is 6.29 Å². The van der Waals surface area contributed by atoms with E-state index in [1.54, 1.807) is 66.7 Å². The molecular weight excluding hydrogens is 702 g/mol. The van der Waals surface area contributed by atoms with Gasteiger partial charge in [-0.25, -0.2) is 0 Å². The number of carboxylic acids is 1. The lowest BCUT2D eigenvalue weighted by Crippen LogP contribution is -2.52. The molecule has 4 aliphatic rings. The molecule has 0 amide bonds. The number of benzene rings is 4. The van der Waals surface area contributed by atoms with Gasteiger partial charge in [-0.3, -0.25) is 4.79 Å². The van der Waals surface area contributed by atoms with E-state index in [-0.39, 0.29) is 36.0 Å². The molecule has 3 aliphatic heterocycles. The number of rotatable bonds is 10. The van der Waals surface area contributed by atoms with Crippen LogP contribution in [0, 0.1) is 5.92 Å². The number of fused-ring (bicyclic) bond motifs is 3. The van der Waals surface area contributed by atoms with Crippen LogP contribution in [0.1, 0.15) is 34.5 Å². The Balaban J connectivity index is 1.15. The fourth-order valence-electron chi connectivity index (χ4n) is 8.31. The van der Waals surface area contributed by atoms with Gasteiger partial charge in [-0.2, -0.15) is 0 Å². The molecule has 14 heteroatoms. The number of carbonyl (C=O) groups is 1. The van der Waals surface area contributed by atoms with E-state index in [9.17, 15) is 20.1 Å². The van der Waals surface area contributed by atoms with Crippen LogP contribution < -0.4 is 24.7 Å². The van der Waals surface area contributed by atoms with Crippen molar-refractivity contribution in [3.8, 4) is 23.0 Å². The standard InChI is InChI=1S/C40H41NO13/c1-46-25-15-11-23(12-16-25)40-32(21-7-5-4-6-8-21)31(35(43)44)34(42)39(40,45)33-27(47-2)17-26(18-28(33)54-40)51-38-37(48-3)50-20-30(53-38)29-19-49-36(52-29)22-9-13-24(41)14-10-22/h4-18,29-32,34,36-38,42,45H,19-20,41H2,1-3H3,(H,43,44)/t29-,30-,31-,32-,34-,36?,37-,38-,39+,40+/m1/s1. The molecule has 5 N–H and O–H groups in total. The monoisotopic (exact) mass is 743 g/mol. The Bertz CT molecular complexity index is 1980. The molecule has 3 heterocycles. The third kappa shape index (κ3) is 5.64. The summed E-state index contributed by atoms with van der Waals surface area (Å²) >= 11 is 0. The average Bonchev–Trinajstić information content (AvgIpc) is 3.84. The second kappa shape index (κ2) is 14.0. The molecular formula is C40H41NO13. The molecule has 0 aromatic heterocycles. The highest BCUT2D eigenvalue weighted by molar-refractivity contribution is 5.77. The molecule has 0 bridgehead atoms. The summed E-state index contributed by atoms with van der Waals surface area (Å²) in [4.78, 5) is 13.0. The lowest BCUT2D eigenvalue weighted by molar-refractivity contribution is -0.323. The van der Waals surface area contributed by atoms with Gasteiger partial charge in [-0.05, 0) is 35.4 Å². The summed E-state index contributed by atoms with van der Waals surface area (Å²) in [6.45, 7) is 0.376. The first-order valence-corrected chi connectivity index (χ1v) is 17.5. The fourth-order valence-corrected chi connectivity index (χ4v) is 8.31. The Labute approximate surface area is 310 Å². The van der Waals surface area contributed by atoms with Gasteiger partial charge >= 0.3 is 5.97 Å². The largest absolute Gasteiger partial charge is 0.497 e. The van der Waals surface area contributed by atoms with E-state index >= 15 is 0 Å². The number of ether oxygens (including phenoxy) is 9. The van der Waals surface area contributed by atoms with Crippen LogP contribution in [0.25, 0.3) is 0 Å². The number of carboxylic acid groups (broad SMARTS) is 1. The summed E-state index contributed by atoms with van der Waals surface area (Å²) in [6, 6.07) is 25.8. The number of hydrogen-bond donors (Lipinski definition) is 4. The Morgan fingerprint density at radius 3 is 2.19 bits per heavy atom. The number of hydrogen-bond acceptors (Lipinski definition) is 13. The van der Waals surface area contributed by atoms with E-state index in [0.717, 1.165) is 5.56 Å². The highest BCUT2D eigenvalue weighted by Crippen LogP contribution is 2.70. The zero-order valence-corrected chi connectivity index (χ0v) is 29.7. The third-order valence-electron chi connectivity index (χ3n) is 10.8. The molecule has 2 saturated heterocycles. The van der Waals surface area contributed by atoms with Crippen LogP contribution in [-0.2, 0) is 39.7 Å². The van der Waals surface area contributed by atoms with E-state index in [1.165, 1.54) is 33.5 Å². The second-order valence-corrected chi connectivity index (χ2v) is 13.6. The van der Waals surface area contributed by atoms with Gasteiger partial charge in [-0.15, -0.1) is 0 Å². The fraction of sp³-hybridized carbons (Fsp3) is 0.375. The van der Waals surface area contributed by atoms with Crippen LogP contribution in [0.2, 0.25) is 0 Å². The van der Waals surface area contributed by atoms with Crippen molar-refractivity contribution >= 4 is 11.7 Å². The van der Waals surface area contributed by atoms with E-state index in [1.807, 2.05) is 12.1 Å². The maximum Gasteiger partial charge on any atom is 0.310 e. The number of aliphatic carboxylic acids is 1. The van der Waals surface area contributed by atoms with Gasteiger partial charge in [0.05, 0.1) is 38.9 Å². The number of nitrogens with two attached hydrogens (primary N) is 1. The van der Waals surface area contributed by atoms with Crippen molar-refractivity contribution in [3.63, 3.8) is 0 Å². The van der Waals surface area contributed by atoms with Crippen LogP contribution in [0.5, 0.6) is 23.0 Å². The molecule has 1 aliphatic carbocycles. The van der Waals surface area contributed by atoms with Crippen LogP contribution in [0.3, 0.4) is 0 Å². The van der Waals surface area contributed by atoms with Crippen LogP contribution in [0.15, 0.2) is 91.0 Å². The maximum atomic E-state index is 13.0. The SMILES string of the molecule is COc1ccc([C@@]23Oc4cc(O[C@@H]5O[C@@H]([C@H]6COC(c7ccc(N)cc7)O6)CO[C@H]5OC)cc(OC)c4[C@]2(O)[C@H](O)[C@H](C(=O)O)[C@H]3c2ccccc2)cc1. The zero-order valence-electron chi connectivity index (χ0n) is 29.7. The van der Waals surface area contributed by atoms with Crippen molar-refractivity contribution in [1.29, 1.82) is 0 Å². The van der Waals surface area contributed by atoms with E-state index in [2.05, 4.69) is 0 Å². The normalized spacial score (nSPS) is 32.7. The van der Waals surface area contributed by atoms with Gasteiger partial charge in [0.25, 0.3) is 6.29 Å². The minimum atomic E-state index is -2.32. The maximum absolute atomic E-state index is 13.0. The first-order valence-electron chi connectivity index (χ1n) is 17.5. The number of nitrogen functional groups attached to an aromatic ring is 1. The Morgan fingerprint density at radius 2 is 1.52 bits per heavy atom. The molecule has 1 saturated carbocycles. The van der Waals surface area contributed by atoms with Crippen molar-refractivity contribution < 1.29 is 62.7 Å². The number of methoxy groups -OCH3 is 3. The summed E-state index contributed by atoms with van der Waals surface area (Å²) in [5.74, 6) is -2.96. The molecule has 284 valence electrons. The lowest BCUT2D eigenvalue weighted by Gasteiger charge is -2.40. The van der Waals surface area contributed by atoms with Crippen LogP contribution in [0.4, 0.5) is 5.69 Å². The van der Waals surface area contributed by atoms with Crippen molar-refractivity contribution in [2.45, 2.75) is 54.3 Å².